The average molecular weight is 822 g/mol. The van der Waals surface area contributed by atoms with Crippen LogP contribution in [0.25, 0.3) is 11.6 Å². The molecule has 0 spiro atoms. The summed E-state index contributed by atoms with van der Waals surface area (Å²) in [6.45, 7) is 6.08. The second kappa shape index (κ2) is 18.1. The maximum Gasteiger partial charge on any atom is 0.488 e. The molecule has 0 aromatic heterocycles. The Morgan fingerprint density at radius 1 is 0.833 bits per heavy atom. The number of hydrogen-bond acceptors (Lipinski definition) is 8. The Morgan fingerprint density at radius 3 is 2.03 bits per heavy atom. The SMILES string of the molecule is CC(C)(C)[Si](OCC1=C([C@H](O)CC/C(=C/c2cccc(O)c2)c2ccccc2)[C@H](CO)[C@@H]2C(=O)N(c3cccc(B(O)O)c3)C(=O)[C@@H]2C1)(c1ccccc1)c1ccccc1. The summed E-state index contributed by atoms with van der Waals surface area (Å²) >= 11 is 0. The Morgan fingerprint density at radius 2 is 1.45 bits per heavy atom. The van der Waals surface area contributed by atoms with Crippen LogP contribution in [0.3, 0.4) is 0 Å². The van der Waals surface area contributed by atoms with E-state index in [4.69, 9.17) is 4.43 Å². The minimum Gasteiger partial charge on any atom is -0.508 e. The van der Waals surface area contributed by atoms with Crippen molar-refractivity contribution in [1.82, 2.24) is 0 Å². The predicted molar refractivity (Wildman–Crippen MR) is 239 cm³/mol. The summed E-state index contributed by atoms with van der Waals surface area (Å²) in [5.41, 5.74) is 4.18. The van der Waals surface area contributed by atoms with E-state index < -0.39 is 57.7 Å². The standard InChI is InChI=1S/C49H52BNO8Si/c1-49(2,3)60(40-21-9-5-10-22-40,41-23-11-6-12-24-41)59-32-36-29-42-46(48(56)51(47(42)55)38-19-14-18-37(30-38)50(57)58)43(31-52)45(36)44(54)26-25-35(34-16-7-4-8-17-34)27-33-15-13-20-39(53)28-33/h4-24,27-28,30,42-44,46,52-54,57-58H,25-26,29,31-32H2,1-3H3/b35-27-/t42-,43+,44-,46-/m1/s1. The van der Waals surface area contributed by atoms with Gasteiger partial charge in [0.05, 0.1) is 36.8 Å². The van der Waals surface area contributed by atoms with Gasteiger partial charge in [0.25, 0.3) is 8.32 Å². The molecule has 7 rings (SSSR count). The van der Waals surface area contributed by atoms with E-state index in [0.29, 0.717) is 17.6 Å². The lowest BCUT2D eigenvalue weighted by atomic mass is 9.68. The summed E-state index contributed by atoms with van der Waals surface area (Å²) < 4.78 is 7.42. The number of anilines is 1. The molecule has 0 unspecified atom stereocenters. The molecule has 0 saturated carbocycles. The predicted octanol–water partition coefficient (Wildman–Crippen LogP) is 5.44. The van der Waals surface area contributed by atoms with Crippen molar-refractivity contribution in [2.75, 3.05) is 18.1 Å². The first-order valence-corrected chi connectivity index (χ1v) is 22.4. The molecule has 5 N–H and O–H groups in total. The molecule has 1 fully saturated rings. The van der Waals surface area contributed by atoms with Gasteiger partial charge < -0.3 is 29.8 Å². The molecule has 0 radical (unpaired) electrons. The van der Waals surface area contributed by atoms with Crippen LogP contribution >= 0.6 is 0 Å². The third-order valence-electron chi connectivity index (χ3n) is 12.1. The van der Waals surface area contributed by atoms with Crippen molar-refractivity contribution >= 4 is 60.4 Å². The van der Waals surface area contributed by atoms with Crippen LogP contribution < -0.4 is 20.7 Å². The fourth-order valence-electron chi connectivity index (χ4n) is 9.34. The first-order valence-electron chi connectivity index (χ1n) is 20.5. The third-order valence-corrected chi connectivity index (χ3v) is 17.1. The molecule has 2 aliphatic rings. The topological polar surface area (TPSA) is 148 Å². The van der Waals surface area contributed by atoms with Crippen LogP contribution in [0.1, 0.15) is 51.2 Å². The number of aliphatic hydroxyl groups excluding tert-OH is 2. The molecular formula is C49H52BNO8Si. The Bertz CT molecular complexity index is 2320. The lowest BCUT2D eigenvalue weighted by Crippen LogP contribution is -2.66. The highest BCUT2D eigenvalue weighted by Gasteiger charge is 2.56. The molecule has 9 nitrogen and oxygen atoms in total. The van der Waals surface area contributed by atoms with Crippen LogP contribution in [0.5, 0.6) is 5.75 Å². The van der Waals surface area contributed by atoms with Gasteiger partial charge in [-0.05, 0) is 92.2 Å². The lowest BCUT2D eigenvalue weighted by molar-refractivity contribution is -0.123. The Balaban J connectivity index is 1.32. The normalized spacial score (nSPS) is 19.1. The molecule has 1 aliphatic carbocycles. The summed E-state index contributed by atoms with van der Waals surface area (Å²) in [5.74, 6) is -3.55. The molecule has 308 valence electrons. The second-order valence-corrected chi connectivity index (χ2v) is 21.1. The number of allylic oxidation sites excluding steroid dienone is 1. The maximum absolute atomic E-state index is 14.5. The molecular weight excluding hydrogens is 769 g/mol. The van der Waals surface area contributed by atoms with Crippen molar-refractivity contribution in [3.63, 3.8) is 0 Å². The first kappa shape index (κ1) is 42.7. The molecule has 1 heterocycles. The van der Waals surface area contributed by atoms with Crippen molar-refractivity contribution in [3.8, 4) is 5.75 Å². The zero-order valence-corrected chi connectivity index (χ0v) is 35.2. The van der Waals surface area contributed by atoms with Gasteiger partial charge in [-0.2, -0.15) is 0 Å². The summed E-state index contributed by atoms with van der Waals surface area (Å²) in [4.78, 5) is 30.0. The van der Waals surface area contributed by atoms with Crippen molar-refractivity contribution in [3.05, 3.63) is 162 Å². The second-order valence-electron chi connectivity index (χ2n) is 16.8. The molecule has 11 heteroatoms. The molecule has 4 atom stereocenters. The number of fused-ring (bicyclic) bond motifs is 1. The molecule has 1 saturated heterocycles. The minimum absolute atomic E-state index is 0.0533. The summed E-state index contributed by atoms with van der Waals surface area (Å²) in [7, 11) is -4.93. The fraction of sp³-hybridized carbons (Fsp3) is 0.265. The summed E-state index contributed by atoms with van der Waals surface area (Å²) in [5, 5.41) is 55.6. The molecule has 60 heavy (non-hydrogen) atoms. The van der Waals surface area contributed by atoms with Gasteiger partial charge in [-0.15, -0.1) is 0 Å². The van der Waals surface area contributed by atoms with Gasteiger partial charge in [-0.25, -0.2) is 0 Å². The van der Waals surface area contributed by atoms with Crippen molar-refractivity contribution < 1.29 is 39.4 Å². The molecule has 5 aromatic rings. The van der Waals surface area contributed by atoms with Crippen LogP contribution in [0.4, 0.5) is 5.69 Å². The van der Waals surface area contributed by atoms with E-state index in [2.05, 4.69) is 45.0 Å². The molecule has 1 aliphatic heterocycles. The Labute approximate surface area is 353 Å². The summed E-state index contributed by atoms with van der Waals surface area (Å²) in [6, 6.07) is 43.2. The average Bonchev–Trinajstić information content (AvgIpc) is 3.50. The van der Waals surface area contributed by atoms with Gasteiger partial charge in [-0.1, -0.05) is 142 Å². The van der Waals surface area contributed by atoms with E-state index in [9.17, 15) is 35.0 Å². The van der Waals surface area contributed by atoms with Crippen LogP contribution in [0, 0.1) is 17.8 Å². The zero-order valence-electron chi connectivity index (χ0n) is 34.2. The number of imide groups is 1. The number of aliphatic hydroxyl groups is 2. The van der Waals surface area contributed by atoms with Crippen molar-refractivity contribution in [2.24, 2.45) is 17.8 Å². The van der Waals surface area contributed by atoms with Gasteiger partial charge >= 0.3 is 7.12 Å². The Kier molecular flexibility index (Phi) is 12.9. The van der Waals surface area contributed by atoms with Crippen LogP contribution in [0.15, 0.2) is 151 Å². The lowest BCUT2D eigenvalue weighted by Gasteiger charge is -2.44. The number of phenolic OH excluding ortho intramolecular Hbond substituents is 1. The largest absolute Gasteiger partial charge is 0.508 e. The van der Waals surface area contributed by atoms with E-state index in [1.165, 1.54) is 12.1 Å². The van der Waals surface area contributed by atoms with E-state index in [0.717, 1.165) is 32.0 Å². The number of nitrogens with zero attached hydrogens (tertiary/aromatic N) is 1. The number of amides is 2. The fourth-order valence-corrected chi connectivity index (χ4v) is 13.9. The van der Waals surface area contributed by atoms with Gasteiger partial charge in [0.2, 0.25) is 11.8 Å². The molecule has 2 amide bonds. The maximum atomic E-state index is 14.5. The van der Waals surface area contributed by atoms with Gasteiger partial charge in [0, 0.05) is 5.92 Å². The van der Waals surface area contributed by atoms with Gasteiger partial charge in [-0.3, -0.25) is 14.5 Å². The monoisotopic (exact) mass is 821 g/mol. The summed E-state index contributed by atoms with van der Waals surface area (Å²) in [6.07, 6.45) is 1.63. The first-order chi connectivity index (χ1) is 28.8. The van der Waals surface area contributed by atoms with Gasteiger partial charge in [0.1, 0.15) is 5.75 Å². The number of carbonyl (C=O) groups excluding carboxylic acids is 2. The highest BCUT2D eigenvalue weighted by Crippen LogP contribution is 2.48. The minimum atomic E-state index is -3.12. The molecule has 0 bridgehead atoms. The quantitative estimate of drug-likeness (QED) is 0.0431. The van der Waals surface area contributed by atoms with Crippen molar-refractivity contribution in [2.45, 2.75) is 51.2 Å². The number of phenols is 1. The van der Waals surface area contributed by atoms with Crippen LogP contribution in [0.2, 0.25) is 5.04 Å². The van der Waals surface area contributed by atoms with E-state index in [1.807, 2.05) is 78.9 Å². The number of carbonyl (C=O) groups is 2. The van der Waals surface area contributed by atoms with Crippen LogP contribution in [-0.2, 0) is 14.0 Å². The van der Waals surface area contributed by atoms with E-state index >= 15 is 0 Å². The highest BCUT2D eigenvalue weighted by molar-refractivity contribution is 6.99. The van der Waals surface area contributed by atoms with Crippen LogP contribution in [-0.4, -0.2) is 71.9 Å². The van der Waals surface area contributed by atoms with E-state index in [-0.39, 0.29) is 41.4 Å². The Hall–Kier alpha value is -5.40. The zero-order chi connectivity index (χ0) is 42.6. The van der Waals surface area contributed by atoms with E-state index in [1.54, 1.807) is 30.3 Å². The number of hydrogen-bond donors (Lipinski definition) is 5. The number of rotatable bonds is 14. The highest BCUT2D eigenvalue weighted by atomic mass is 28.4. The van der Waals surface area contributed by atoms with Gasteiger partial charge in [0.15, 0.2) is 0 Å². The molecule has 5 aromatic carbocycles. The van der Waals surface area contributed by atoms with Crippen molar-refractivity contribution in [1.29, 1.82) is 0 Å². The third kappa shape index (κ3) is 8.47. The smallest absolute Gasteiger partial charge is 0.488 e. The number of benzene rings is 5. The number of aromatic hydroxyl groups is 1.